The molecule has 0 bridgehead atoms. The molecule has 2 N–H and O–H groups in total. The van der Waals surface area contributed by atoms with E-state index in [1.165, 1.54) is 4.57 Å². The fourth-order valence-electron chi connectivity index (χ4n) is 3.61. The molecule has 2 aromatic heterocycles. The average molecular weight is 382 g/mol. The second-order valence-electron chi connectivity index (χ2n) is 6.85. The van der Waals surface area contributed by atoms with Gasteiger partial charge in [-0.1, -0.05) is 12.1 Å². The minimum absolute atomic E-state index is 0.258. The maximum absolute atomic E-state index is 12.7. The number of hydrogen-bond acceptors (Lipinski definition) is 8. The highest BCUT2D eigenvalue weighted by Gasteiger charge is 2.22. The number of rotatable bonds is 3. The van der Waals surface area contributed by atoms with Crippen LogP contribution in [0.5, 0.6) is 0 Å². The molecule has 2 saturated heterocycles. The Morgan fingerprint density at radius 1 is 0.857 bits per heavy atom. The molecule has 5 rings (SSSR count). The van der Waals surface area contributed by atoms with Crippen molar-refractivity contribution in [3.8, 4) is 5.95 Å². The molecule has 0 amide bonds. The number of nitrogens with zero attached hydrogens (tertiary/aromatic N) is 6. The van der Waals surface area contributed by atoms with E-state index in [0.717, 1.165) is 37.2 Å². The van der Waals surface area contributed by atoms with Crippen molar-refractivity contribution in [1.29, 1.82) is 0 Å². The minimum Gasteiger partial charge on any atom is -0.378 e. The number of imidazole rings is 1. The molecule has 10 heteroatoms. The number of ether oxygens (including phenoxy) is 1. The third-order valence-electron chi connectivity index (χ3n) is 5.08. The fourth-order valence-corrected chi connectivity index (χ4v) is 3.61. The highest BCUT2D eigenvalue weighted by Crippen LogP contribution is 2.19. The molecule has 10 nitrogen and oxygen atoms in total. The number of H-pyrrole nitrogens is 1. The van der Waals surface area contributed by atoms with Crippen LogP contribution in [0.1, 0.15) is 0 Å². The quantitative estimate of drug-likeness (QED) is 0.639. The first-order chi connectivity index (χ1) is 13.8. The van der Waals surface area contributed by atoms with Gasteiger partial charge in [0.25, 0.3) is 0 Å². The van der Waals surface area contributed by atoms with E-state index < -0.39 is 0 Å². The van der Waals surface area contributed by atoms with Gasteiger partial charge < -0.3 is 24.8 Å². The van der Waals surface area contributed by atoms with E-state index in [0.29, 0.717) is 44.1 Å². The van der Waals surface area contributed by atoms with E-state index in [2.05, 4.69) is 30.1 Å². The second-order valence-corrected chi connectivity index (χ2v) is 6.85. The smallest absolute Gasteiger partial charge is 0.333 e. The molecule has 28 heavy (non-hydrogen) atoms. The van der Waals surface area contributed by atoms with Crippen LogP contribution in [0.15, 0.2) is 29.1 Å². The average Bonchev–Trinajstić information content (AvgIpc) is 3.10. The van der Waals surface area contributed by atoms with E-state index in [1.54, 1.807) is 0 Å². The van der Waals surface area contributed by atoms with Gasteiger partial charge in [-0.25, -0.2) is 9.36 Å². The number of benzene rings is 1. The molecule has 4 heterocycles. The summed E-state index contributed by atoms with van der Waals surface area (Å²) in [6, 6.07) is 7.54. The Kier molecular flexibility index (Phi) is 4.41. The summed E-state index contributed by atoms with van der Waals surface area (Å²) < 4.78 is 6.98. The van der Waals surface area contributed by atoms with Crippen LogP contribution >= 0.6 is 0 Å². The van der Waals surface area contributed by atoms with Gasteiger partial charge in [0.1, 0.15) is 0 Å². The molecule has 0 unspecified atom stereocenters. The zero-order valence-electron chi connectivity index (χ0n) is 15.5. The standard InChI is InChI=1S/C18H22N8O2/c27-18-20-13-3-1-2-4-14(13)26(18)17-22-15(24-7-5-19-6-8-24)21-16(23-17)25-9-11-28-12-10-25/h1-4,19H,5-12H2,(H,20,27). The lowest BCUT2D eigenvalue weighted by Crippen LogP contribution is -2.45. The van der Waals surface area contributed by atoms with Crippen molar-refractivity contribution in [3.63, 3.8) is 0 Å². The molecular weight excluding hydrogens is 360 g/mol. The highest BCUT2D eigenvalue weighted by atomic mass is 16.5. The highest BCUT2D eigenvalue weighted by molar-refractivity contribution is 5.76. The van der Waals surface area contributed by atoms with E-state index in [9.17, 15) is 4.79 Å². The number of nitrogens with one attached hydrogen (secondary N) is 2. The Morgan fingerprint density at radius 3 is 2.25 bits per heavy atom. The van der Waals surface area contributed by atoms with E-state index >= 15 is 0 Å². The normalized spacial score (nSPS) is 18.0. The monoisotopic (exact) mass is 382 g/mol. The van der Waals surface area contributed by atoms with Crippen LogP contribution in [0.25, 0.3) is 17.0 Å². The molecular formula is C18H22N8O2. The van der Waals surface area contributed by atoms with Crippen LogP contribution in [0, 0.1) is 0 Å². The molecule has 2 aliphatic rings. The number of morpholine rings is 1. The minimum atomic E-state index is -0.258. The zero-order valence-corrected chi connectivity index (χ0v) is 15.5. The number of fused-ring (bicyclic) bond motifs is 1. The molecule has 0 radical (unpaired) electrons. The molecule has 0 spiro atoms. The lowest BCUT2D eigenvalue weighted by molar-refractivity contribution is 0.122. The van der Waals surface area contributed by atoms with Gasteiger partial charge in [-0.2, -0.15) is 15.0 Å². The molecule has 0 atom stereocenters. The van der Waals surface area contributed by atoms with E-state index in [4.69, 9.17) is 9.72 Å². The Labute approximate surface area is 161 Å². The predicted molar refractivity (Wildman–Crippen MR) is 105 cm³/mol. The Balaban J connectivity index is 1.65. The number of piperazine rings is 1. The summed E-state index contributed by atoms with van der Waals surface area (Å²) >= 11 is 0. The summed E-state index contributed by atoms with van der Waals surface area (Å²) in [4.78, 5) is 33.8. The van der Waals surface area contributed by atoms with Crippen molar-refractivity contribution in [2.75, 3.05) is 62.3 Å². The van der Waals surface area contributed by atoms with Gasteiger partial charge in [0.05, 0.1) is 24.2 Å². The van der Waals surface area contributed by atoms with Gasteiger partial charge in [0.2, 0.25) is 17.8 Å². The van der Waals surface area contributed by atoms with Gasteiger partial charge in [0, 0.05) is 39.3 Å². The molecule has 2 aliphatic heterocycles. The molecule has 146 valence electrons. The van der Waals surface area contributed by atoms with Crippen molar-refractivity contribution < 1.29 is 4.74 Å². The number of hydrogen-bond donors (Lipinski definition) is 2. The topological polar surface area (TPSA) is 104 Å². The maximum Gasteiger partial charge on any atom is 0.333 e. The van der Waals surface area contributed by atoms with Crippen LogP contribution in [0.4, 0.5) is 11.9 Å². The van der Waals surface area contributed by atoms with Gasteiger partial charge in [-0.05, 0) is 12.1 Å². The first-order valence-corrected chi connectivity index (χ1v) is 9.54. The predicted octanol–water partition coefficient (Wildman–Crippen LogP) is -0.250. The second kappa shape index (κ2) is 7.21. The first-order valence-electron chi connectivity index (χ1n) is 9.54. The van der Waals surface area contributed by atoms with Crippen molar-refractivity contribution >= 4 is 22.9 Å². The fraction of sp³-hybridized carbons (Fsp3) is 0.444. The summed E-state index contributed by atoms with van der Waals surface area (Å²) in [5.74, 6) is 1.52. The largest absolute Gasteiger partial charge is 0.378 e. The SMILES string of the molecule is O=c1[nH]c2ccccc2n1-c1nc(N2CCNCC2)nc(N2CCOCC2)n1. The van der Waals surface area contributed by atoms with E-state index in [-0.39, 0.29) is 5.69 Å². The summed E-state index contributed by atoms with van der Waals surface area (Å²) in [5.41, 5.74) is 1.24. The number of aromatic amines is 1. The van der Waals surface area contributed by atoms with Crippen molar-refractivity contribution in [2.45, 2.75) is 0 Å². The number of aromatic nitrogens is 5. The van der Waals surface area contributed by atoms with Crippen LogP contribution < -0.4 is 20.8 Å². The lowest BCUT2D eigenvalue weighted by atomic mass is 10.3. The zero-order chi connectivity index (χ0) is 18.9. The van der Waals surface area contributed by atoms with Crippen molar-refractivity contribution in [2.24, 2.45) is 0 Å². The van der Waals surface area contributed by atoms with Gasteiger partial charge in [-0.3, -0.25) is 0 Å². The van der Waals surface area contributed by atoms with E-state index in [1.807, 2.05) is 24.3 Å². The molecule has 3 aromatic rings. The summed E-state index contributed by atoms with van der Waals surface area (Å²) in [6.07, 6.45) is 0. The van der Waals surface area contributed by atoms with Crippen molar-refractivity contribution in [3.05, 3.63) is 34.7 Å². The maximum atomic E-state index is 12.7. The Hall–Kier alpha value is -2.98. The van der Waals surface area contributed by atoms with Gasteiger partial charge >= 0.3 is 5.69 Å². The van der Waals surface area contributed by atoms with Crippen LogP contribution in [0.3, 0.4) is 0 Å². The van der Waals surface area contributed by atoms with Crippen LogP contribution in [0.2, 0.25) is 0 Å². The first kappa shape index (κ1) is 17.1. The lowest BCUT2D eigenvalue weighted by Gasteiger charge is -2.30. The Bertz CT molecular complexity index is 997. The summed E-state index contributed by atoms with van der Waals surface area (Å²) in [7, 11) is 0. The molecule has 0 saturated carbocycles. The summed E-state index contributed by atoms with van der Waals surface area (Å²) in [6.45, 7) is 6.08. The van der Waals surface area contributed by atoms with Crippen LogP contribution in [-0.4, -0.2) is 77.0 Å². The third-order valence-corrected chi connectivity index (χ3v) is 5.08. The molecule has 1 aromatic carbocycles. The van der Waals surface area contributed by atoms with Crippen molar-refractivity contribution in [1.82, 2.24) is 29.8 Å². The Morgan fingerprint density at radius 2 is 1.50 bits per heavy atom. The molecule has 0 aliphatic carbocycles. The third kappa shape index (κ3) is 3.10. The summed E-state index contributed by atoms with van der Waals surface area (Å²) in [5, 5.41) is 3.34. The van der Waals surface area contributed by atoms with Gasteiger partial charge in [0.15, 0.2) is 0 Å². The molecule has 2 fully saturated rings. The number of para-hydroxylation sites is 2. The van der Waals surface area contributed by atoms with Crippen LogP contribution in [-0.2, 0) is 4.74 Å². The van der Waals surface area contributed by atoms with Gasteiger partial charge in [-0.15, -0.1) is 0 Å². The number of anilines is 2.